The summed E-state index contributed by atoms with van der Waals surface area (Å²) in [5, 5.41) is 1.66. The van der Waals surface area contributed by atoms with Crippen molar-refractivity contribution in [2.24, 2.45) is 0 Å². The molecule has 0 bridgehead atoms. The second-order valence-electron chi connectivity index (χ2n) is 6.52. The van der Waals surface area contributed by atoms with Crippen molar-refractivity contribution in [2.45, 2.75) is 0 Å². The van der Waals surface area contributed by atoms with Crippen LogP contribution in [-0.2, 0) is 4.79 Å². The maximum absolute atomic E-state index is 13.2. The Labute approximate surface area is 168 Å². The van der Waals surface area contributed by atoms with Crippen molar-refractivity contribution in [2.75, 3.05) is 0 Å². The van der Waals surface area contributed by atoms with E-state index in [4.69, 9.17) is 4.74 Å². The van der Waals surface area contributed by atoms with Crippen molar-refractivity contribution in [1.29, 1.82) is 0 Å². The summed E-state index contributed by atoms with van der Waals surface area (Å²) in [5.41, 5.74) is 1.82. The fraction of sp³-hybridized carbons (Fsp3) is 0. The van der Waals surface area contributed by atoms with Crippen LogP contribution in [0.3, 0.4) is 0 Å². The van der Waals surface area contributed by atoms with Crippen LogP contribution in [0.25, 0.3) is 16.8 Å². The minimum absolute atomic E-state index is 0.183. The van der Waals surface area contributed by atoms with Crippen molar-refractivity contribution < 1.29 is 14.3 Å². The van der Waals surface area contributed by atoms with Crippen LogP contribution in [0.2, 0.25) is 0 Å². The van der Waals surface area contributed by atoms with E-state index in [9.17, 15) is 9.59 Å². The molecular weight excluding hydrogens is 360 g/mol. The topological polar surface area (TPSA) is 43.4 Å². The average Bonchev–Trinajstić information content (AvgIpc) is 2.78. The highest BCUT2D eigenvalue weighted by molar-refractivity contribution is 6.18. The molecule has 0 N–H and O–H groups in total. The number of ether oxygens (including phenoxy) is 1. The van der Waals surface area contributed by atoms with E-state index in [1.54, 1.807) is 24.3 Å². The Morgan fingerprint density at radius 3 is 2.10 bits per heavy atom. The number of hydrogen-bond donors (Lipinski definition) is 0. The highest BCUT2D eigenvalue weighted by Gasteiger charge is 2.19. The molecule has 3 heteroatoms. The summed E-state index contributed by atoms with van der Waals surface area (Å²) in [4.78, 5) is 25.6. The predicted molar refractivity (Wildman–Crippen MR) is 115 cm³/mol. The molecule has 3 nitrogen and oxygen atoms in total. The molecule has 0 atom stereocenters. The van der Waals surface area contributed by atoms with Gasteiger partial charge in [0.1, 0.15) is 5.75 Å². The van der Waals surface area contributed by atoms with Crippen LogP contribution in [0.1, 0.15) is 21.5 Å². The number of esters is 1. The third-order valence-corrected chi connectivity index (χ3v) is 4.58. The van der Waals surface area contributed by atoms with Crippen LogP contribution in [0.15, 0.2) is 103 Å². The van der Waals surface area contributed by atoms with E-state index in [-0.39, 0.29) is 11.5 Å². The van der Waals surface area contributed by atoms with Gasteiger partial charge < -0.3 is 4.74 Å². The van der Waals surface area contributed by atoms with E-state index in [2.05, 4.69) is 0 Å². The van der Waals surface area contributed by atoms with E-state index < -0.39 is 5.97 Å². The molecule has 0 saturated carbocycles. The van der Waals surface area contributed by atoms with Crippen LogP contribution >= 0.6 is 0 Å². The molecule has 0 aliphatic carbocycles. The Morgan fingerprint density at radius 2 is 1.34 bits per heavy atom. The molecule has 4 aromatic carbocycles. The van der Waals surface area contributed by atoms with Gasteiger partial charge in [0.15, 0.2) is 5.78 Å². The van der Waals surface area contributed by atoms with Gasteiger partial charge in [0.25, 0.3) is 0 Å². The van der Waals surface area contributed by atoms with Gasteiger partial charge in [-0.05, 0) is 28.5 Å². The van der Waals surface area contributed by atoms with Crippen molar-refractivity contribution in [1.82, 2.24) is 0 Å². The second-order valence-corrected chi connectivity index (χ2v) is 6.52. The number of carbonyl (C=O) groups excluding carboxylic acids is 2. The summed E-state index contributed by atoms with van der Waals surface area (Å²) < 4.78 is 5.57. The van der Waals surface area contributed by atoms with E-state index in [1.807, 2.05) is 78.9 Å². The lowest BCUT2D eigenvalue weighted by atomic mass is 9.96. The molecule has 0 saturated heterocycles. The molecule has 0 aliphatic rings. The highest BCUT2D eigenvalue weighted by atomic mass is 16.5. The molecule has 4 aromatic rings. The first-order chi connectivity index (χ1) is 14.2. The molecule has 0 spiro atoms. The van der Waals surface area contributed by atoms with Gasteiger partial charge >= 0.3 is 5.97 Å². The van der Waals surface area contributed by atoms with Gasteiger partial charge in [-0.1, -0.05) is 91.0 Å². The number of carbonyl (C=O) groups is 2. The highest BCUT2D eigenvalue weighted by Crippen LogP contribution is 2.30. The number of benzene rings is 4. The first-order valence-corrected chi connectivity index (χ1v) is 9.29. The zero-order valence-corrected chi connectivity index (χ0v) is 15.6. The van der Waals surface area contributed by atoms with Gasteiger partial charge in [0.05, 0.1) is 5.56 Å². The molecule has 140 valence electrons. The summed E-state index contributed by atoms with van der Waals surface area (Å²) in [6.45, 7) is 0. The quantitative estimate of drug-likeness (QED) is 0.194. The largest absolute Gasteiger partial charge is 0.423 e. The van der Waals surface area contributed by atoms with E-state index in [0.29, 0.717) is 11.1 Å². The molecule has 0 amide bonds. The van der Waals surface area contributed by atoms with E-state index in [1.165, 1.54) is 6.08 Å². The summed E-state index contributed by atoms with van der Waals surface area (Å²) in [6, 6.07) is 29.6. The van der Waals surface area contributed by atoms with E-state index >= 15 is 0 Å². The number of fused-ring (bicyclic) bond motifs is 1. The van der Waals surface area contributed by atoms with Crippen LogP contribution in [0.4, 0.5) is 0 Å². The van der Waals surface area contributed by atoms with Crippen molar-refractivity contribution in [3.63, 3.8) is 0 Å². The number of hydrogen-bond acceptors (Lipinski definition) is 3. The van der Waals surface area contributed by atoms with Gasteiger partial charge in [0.2, 0.25) is 0 Å². The van der Waals surface area contributed by atoms with Gasteiger partial charge in [0, 0.05) is 11.6 Å². The molecule has 29 heavy (non-hydrogen) atoms. The lowest BCUT2D eigenvalue weighted by Crippen LogP contribution is -2.10. The summed E-state index contributed by atoms with van der Waals surface area (Å²) in [7, 11) is 0. The fourth-order valence-corrected chi connectivity index (χ4v) is 3.18. The first-order valence-electron chi connectivity index (χ1n) is 9.29. The molecular formula is C26H18O3. The minimum atomic E-state index is -0.536. The SMILES string of the molecule is O=C(C=Cc1ccccc1)Oc1ccc2ccccc2c1C(=O)c1ccccc1. The monoisotopic (exact) mass is 378 g/mol. The standard InChI is InChI=1S/C26H18O3/c27-24(18-15-19-9-3-1-4-10-19)29-23-17-16-20-11-7-8-14-22(20)25(23)26(28)21-12-5-2-6-13-21/h1-18H. The number of rotatable bonds is 5. The average molecular weight is 378 g/mol. The van der Waals surface area contributed by atoms with E-state index in [0.717, 1.165) is 16.3 Å². The smallest absolute Gasteiger partial charge is 0.336 e. The lowest BCUT2D eigenvalue weighted by molar-refractivity contribution is -0.128. The van der Waals surface area contributed by atoms with Gasteiger partial charge in [-0.15, -0.1) is 0 Å². The van der Waals surface area contributed by atoms with Crippen molar-refractivity contribution in [3.8, 4) is 5.75 Å². The van der Waals surface area contributed by atoms with Crippen LogP contribution in [0.5, 0.6) is 5.75 Å². The minimum Gasteiger partial charge on any atom is -0.423 e. The molecule has 0 radical (unpaired) electrons. The Morgan fingerprint density at radius 1 is 0.690 bits per heavy atom. The zero-order chi connectivity index (χ0) is 20.1. The Balaban J connectivity index is 1.71. The maximum Gasteiger partial charge on any atom is 0.336 e. The second kappa shape index (κ2) is 8.36. The van der Waals surface area contributed by atoms with Crippen LogP contribution in [0, 0.1) is 0 Å². The summed E-state index contributed by atoms with van der Waals surface area (Å²) in [6.07, 6.45) is 3.05. The molecule has 0 unspecified atom stereocenters. The Bertz CT molecular complexity index is 1190. The fourth-order valence-electron chi connectivity index (χ4n) is 3.18. The molecule has 0 heterocycles. The molecule has 0 fully saturated rings. The third kappa shape index (κ3) is 4.14. The first kappa shape index (κ1) is 18.4. The van der Waals surface area contributed by atoms with Gasteiger partial charge in [-0.25, -0.2) is 4.79 Å². The Kier molecular flexibility index (Phi) is 5.30. The predicted octanol–water partition coefficient (Wildman–Crippen LogP) is 5.69. The van der Waals surface area contributed by atoms with Gasteiger partial charge in [-0.2, -0.15) is 0 Å². The van der Waals surface area contributed by atoms with Crippen molar-refractivity contribution in [3.05, 3.63) is 120 Å². The van der Waals surface area contributed by atoms with Crippen LogP contribution in [-0.4, -0.2) is 11.8 Å². The van der Waals surface area contributed by atoms with Gasteiger partial charge in [-0.3, -0.25) is 4.79 Å². The zero-order valence-electron chi connectivity index (χ0n) is 15.6. The third-order valence-electron chi connectivity index (χ3n) is 4.58. The molecule has 0 aromatic heterocycles. The normalized spacial score (nSPS) is 10.9. The maximum atomic E-state index is 13.2. The lowest BCUT2D eigenvalue weighted by Gasteiger charge is -2.12. The summed E-state index contributed by atoms with van der Waals surface area (Å²) >= 11 is 0. The van der Waals surface area contributed by atoms with Crippen LogP contribution < -0.4 is 4.74 Å². The Hall–Kier alpha value is -3.98. The molecule has 0 aliphatic heterocycles. The van der Waals surface area contributed by atoms with Crippen molar-refractivity contribution >= 4 is 28.6 Å². The number of ketones is 1. The molecule has 4 rings (SSSR count). The summed E-state index contributed by atoms with van der Waals surface area (Å²) in [5.74, 6) is -0.469.